The van der Waals surface area contributed by atoms with Crippen LogP contribution in [0.4, 0.5) is 10.8 Å². The summed E-state index contributed by atoms with van der Waals surface area (Å²) in [5.41, 5.74) is 1.61. The van der Waals surface area contributed by atoms with Crippen LogP contribution in [0.2, 0.25) is 0 Å². The molecule has 1 unspecified atom stereocenters. The van der Waals surface area contributed by atoms with E-state index in [1.165, 1.54) is 11.3 Å². The van der Waals surface area contributed by atoms with Gasteiger partial charge in [0, 0.05) is 30.7 Å². The number of ether oxygens (including phenoxy) is 1. The summed E-state index contributed by atoms with van der Waals surface area (Å²) in [7, 11) is 3.72. The fraction of sp³-hybridized carbons (Fsp3) is 0.353. The Balaban J connectivity index is 1.47. The van der Waals surface area contributed by atoms with Crippen molar-refractivity contribution in [3.63, 3.8) is 0 Å². The molecule has 0 bridgehead atoms. The highest BCUT2D eigenvalue weighted by molar-refractivity contribution is 7.14. The first-order valence-corrected chi connectivity index (χ1v) is 9.22. The molecule has 1 fully saturated rings. The van der Waals surface area contributed by atoms with Crippen molar-refractivity contribution in [1.82, 2.24) is 25.3 Å². The van der Waals surface area contributed by atoms with Crippen molar-refractivity contribution in [1.29, 1.82) is 0 Å². The smallest absolute Gasteiger partial charge is 0.277 e. The second-order valence-electron chi connectivity index (χ2n) is 6.05. The predicted octanol–water partition coefficient (Wildman–Crippen LogP) is 2.52. The number of nitrogens with zero attached hydrogens (tertiary/aromatic N) is 4. The highest BCUT2D eigenvalue weighted by Crippen LogP contribution is 2.28. The number of hydrogen-bond donors (Lipinski definition) is 2. The SMILES string of the molecule is COc1ccc(Nc2nc(-c3nc(C4CNCCN4C)no3)cs2)cc1. The van der Waals surface area contributed by atoms with E-state index < -0.39 is 0 Å². The van der Waals surface area contributed by atoms with Crippen LogP contribution in [-0.2, 0) is 0 Å². The van der Waals surface area contributed by atoms with Gasteiger partial charge in [0.1, 0.15) is 11.4 Å². The van der Waals surface area contributed by atoms with Crippen LogP contribution in [0.3, 0.4) is 0 Å². The van der Waals surface area contributed by atoms with Gasteiger partial charge in [0.15, 0.2) is 11.0 Å². The first-order chi connectivity index (χ1) is 12.7. The van der Waals surface area contributed by atoms with Gasteiger partial charge >= 0.3 is 0 Å². The minimum absolute atomic E-state index is 0.122. The lowest BCUT2D eigenvalue weighted by Gasteiger charge is -2.30. The number of likely N-dealkylation sites (N-methyl/N-ethyl adjacent to an activating group) is 1. The molecule has 3 heterocycles. The monoisotopic (exact) mass is 372 g/mol. The summed E-state index contributed by atoms with van der Waals surface area (Å²) < 4.78 is 10.6. The zero-order valence-electron chi connectivity index (χ0n) is 14.6. The molecule has 2 aromatic heterocycles. The second-order valence-corrected chi connectivity index (χ2v) is 6.91. The predicted molar refractivity (Wildman–Crippen MR) is 99.9 cm³/mol. The molecule has 26 heavy (non-hydrogen) atoms. The molecule has 1 atom stereocenters. The molecule has 8 nitrogen and oxygen atoms in total. The van der Waals surface area contributed by atoms with Crippen molar-refractivity contribution in [3.8, 4) is 17.3 Å². The Bertz CT molecular complexity index is 862. The van der Waals surface area contributed by atoms with E-state index in [1.807, 2.05) is 29.6 Å². The first kappa shape index (κ1) is 17.0. The zero-order chi connectivity index (χ0) is 17.9. The molecule has 0 radical (unpaired) electrons. The van der Waals surface area contributed by atoms with Crippen molar-refractivity contribution in [3.05, 3.63) is 35.5 Å². The van der Waals surface area contributed by atoms with Gasteiger partial charge in [-0.15, -0.1) is 11.3 Å². The van der Waals surface area contributed by atoms with Gasteiger partial charge in [0.2, 0.25) is 0 Å². The van der Waals surface area contributed by atoms with Crippen LogP contribution in [0.5, 0.6) is 5.75 Å². The van der Waals surface area contributed by atoms with Gasteiger partial charge in [-0.05, 0) is 31.3 Å². The molecule has 4 rings (SSSR count). The highest BCUT2D eigenvalue weighted by Gasteiger charge is 2.26. The van der Waals surface area contributed by atoms with Gasteiger partial charge in [-0.2, -0.15) is 4.98 Å². The summed E-state index contributed by atoms with van der Waals surface area (Å²) >= 11 is 1.49. The minimum atomic E-state index is 0.122. The van der Waals surface area contributed by atoms with E-state index in [2.05, 4.69) is 37.7 Å². The molecule has 1 saturated heterocycles. The molecule has 1 aliphatic rings. The van der Waals surface area contributed by atoms with Crippen molar-refractivity contribution in [2.75, 3.05) is 39.1 Å². The lowest BCUT2D eigenvalue weighted by molar-refractivity contribution is 0.190. The van der Waals surface area contributed by atoms with Crippen molar-refractivity contribution < 1.29 is 9.26 Å². The van der Waals surface area contributed by atoms with Crippen molar-refractivity contribution in [2.45, 2.75) is 6.04 Å². The molecular formula is C17H20N6O2S. The van der Waals surface area contributed by atoms with Gasteiger partial charge in [-0.25, -0.2) is 4.98 Å². The summed E-state index contributed by atoms with van der Waals surface area (Å²) in [4.78, 5) is 11.3. The fourth-order valence-electron chi connectivity index (χ4n) is 2.80. The quantitative estimate of drug-likeness (QED) is 0.706. The Morgan fingerprint density at radius 1 is 1.31 bits per heavy atom. The van der Waals surface area contributed by atoms with Gasteiger partial charge in [0.05, 0.1) is 13.2 Å². The van der Waals surface area contributed by atoms with E-state index in [0.29, 0.717) is 17.4 Å². The molecular weight excluding hydrogens is 352 g/mol. The Labute approximate surface area is 155 Å². The number of anilines is 2. The van der Waals surface area contributed by atoms with E-state index in [-0.39, 0.29) is 6.04 Å². The first-order valence-electron chi connectivity index (χ1n) is 8.34. The van der Waals surface area contributed by atoms with E-state index >= 15 is 0 Å². The van der Waals surface area contributed by atoms with E-state index in [9.17, 15) is 0 Å². The summed E-state index contributed by atoms with van der Waals surface area (Å²) in [6.07, 6.45) is 0. The molecule has 0 saturated carbocycles. The Morgan fingerprint density at radius 2 is 2.15 bits per heavy atom. The molecule has 1 aliphatic heterocycles. The maximum absolute atomic E-state index is 5.43. The summed E-state index contributed by atoms with van der Waals surface area (Å²) in [6.45, 7) is 2.75. The molecule has 2 N–H and O–H groups in total. The normalized spacial score (nSPS) is 18.0. The zero-order valence-corrected chi connectivity index (χ0v) is 15.4. The van der Waals surface area contributed by atoms with Gasteiger partial charge in [-0.1, -0.05) is 5.16 Å². The number of hydrogen-bond acceptors (Lipinski definition) is 9. The number of piperazine rings is 1. The van der Waals surface area contributed by atoms with Crippen LogP contribution in [0.25, 0.3) is 11.6 Å². The third-order valence-electron chi connectivity index (χ3n) is 4.32. The topological polar surface area (TPSA) is 88.3 Å². The van der Waals surface area contributed by atoms with Crippen LogP contribution in [-0.4, -0.2) is 53.8 Å². The number of benzene rings is 1. The molecule has 3 aromatic rings. The maximum atomic E-state index is 5.43. The molecule has 0 aliphatic carbocycles. The van der Waals surface area contributed by atoms with Gasteiger partial charge < -0.3 is 19.9 Å². The van der Waals surface area contributed by atoms with Crippen LogP contribution >= 0.6 is 11.3 Å². The van der Waals surface area contributed by atoms with Crippen LogP contribution in [0.15, 0.2) is 34.2 Å². The number of nitrogens with one attached hydrogen (secondary N) is 2. The lowest BCUT2D eigenvalue weighted by Crippen LogP contribution is -2.44. The lowest BCUT2D eigenvalue weighted by atomic mass is 10.2. The summed E-state index contributed by atoms with van der Waals surface area (Å²) in [6, 6.07) is 7.80. The highest BCUT2D eigenvalue weighted by atomic mass is 32.1. The van der Waals surface area contributed by atoms with Crippen LogP contribution in [0, 0.1) is 0 Å². The molecule has 0 amide bonds. The average Bonchev–Trinajstić information content (AvgIpc) is 3.32. The third-order valence-corrected chi connectivity index (χ3v) is 5.07. The Morgan fingerprint density at radius 3 is 2.92 bits per heavy atom. The maximum Gasteiger partial charge on any atom is 0.277 e. The molecule has 136 valence electrons. The Kier molecular flexibility index (Phi) is 4.83. The third kappa shape index (κ3) is 3.55. The largest absolute Gasteiger partial charge is 0.497 e. The second kappa shape index (κ2) is 7.40. The van der Waals surface area contributed by atoms with Gasteiger partial charge in [0.25, 0.3) is 5.89 Å². The standard InChI is InChI=1S/C17H20N6O2S/c1-23-8-7-18-9-14(23)15-21-16(25-22-15)13-10-26-17(20-13)19-11-3-5-12(24-2)6-4-11/h3-6,10,14,18H,7-9H2,1-2H3,(H,19,20). The summed E-state index contributed by atoms with van der Waals surface area (Å²) in [5.74, 6) is 1.95. The minimum Gasteiger partial charge on any atom is -0.497 e. The number of aromatic nitrogens is 3. The van der Waals surface area contributed by atoms with Gasteiger partial charge in [-0.3, -0.25) is 4.90 Å². The number of rotatable bonds is 5. The van der Waals surface area contributed by atoms with Crippen molar-refractivity contribution >= 4 is 22.2 Å². The Hall–Kier alpha value is -2.49. The average molecular weight is 372 g/mol. The summed E-state index contributed by atoms with van der Waals surface area (Å²) in [5, 5.41) is 13.4. The van der Waals surface area contributed by atoms with E-state index in [0.717, 1.165) is 36.2 Å². The van der Waals surface area contributed by atoms with Crippen molar-refractivity contribution in [2.24, 2.45) is 0 Å². The van der Waals surface area contributed by atoms with E-state index in [1.54, 1.807) is 7.11 Å². The molecule has 9 heteroatoms. The van der Waals surface area contributed by atoms with Crippen LogP contribution in [0.1, 0.15) is 11.9 Å². The molecule has 0 spiro atoms. The molecule has 1 aromatic carbocycles. The van der Waals surface area contributed by atoms with E-state index in [4.69, 9.17) is 9.26 Å². The number of methoxy groups -OCH3 is 1. The number of thiazole rings is 1. The fourth-order valence-corrected chi connectivity index (χ4v) is 3.50. The van der Waals surface area contributed by atoms with Crippen LogP contribution < -0.4 is 15.4 Å².